The average Bonchev–Trinajstić information content (AvgIpc) is 2.43. The molecule has 1 heterocycles. The molecule has 0 saturated carbocycles. The number of ether oxygens (including phenoxy) is 1. The second-order valence-electron chi connectivity index (χ2n) is 5.10. The van der Waals surface area contributed by atoms with Gasteiger partial charge in [0, 0.05) is 12.8 Å². The molecule has 12 heteroatoms. The number of hydrogen-bond donors (Lipinski definition) is 6. The van der Waals surface area contributed by atoms with Crippen molar-refractivity contribution in [2.24, 2.45) is 0 Å². The first-order valence-electron chi connectivity index (χ1n) is 6.70. The molecule has 6 N–H and O–H groups in total. The third kappa shape index (κ3) is 6.24. The lowest BCUT2D eigenvalue weighted by molar-refractivity contribution is -0.248. The fraction of sp³-hybridized carbons (Fsp3) is 0.818. The van der Waals surface area contributed by atoms with Gasteiger partial charge in [-0.05, 0) is 6.92 Å². The number of nitrogens with one attached hydrogen (secondary N) is 1. The van der Waals surface area contributed by atoms with Crippen LogP contribution in [0.1, 0.15) is 19.8 Å². The van der Waals surface area contributed by atoms with Gasteiger partial charge < -0.3 is 40.0 Å². The molecule has 1 saturated heterocycles. The lowest BCUT2D eigenvalue weighted by Gasteiger charge is -2.41. The van der Waals surface area contributed by atoms with Crippen molar-refractivity contribution in [1.29, 1.82) is 0 Å². The summed E-state index contributed by atoms with van der Waals surface area (Å²) in [6.45, 7) is 0.533. The molecule has 1 fully saturated rings. The van der Waals surface area contributed by atoms with Crippen molar-refractivity contribution in [3.8, 4) is 0 Å². The lowest BCUT2D eigenvalue weighted by Crippen LogP contribution is -2.64. The number of amides is 1. The minimum atomic E-state index is -5.03. The number of rotatable bonds is 7. The van der Waals surface area contributed by atoms with E-state index in [4.69, 9.17) is 19.6 Å². The lowest BCUT2D eigenvalue weighted by atomic mass is 9.97. The monoisotopic (exact) mass is 357 g/mol. The van der Waals surface area contributed by atoms with Crippen LogP contribution in [0.15, 0.2) is 0 Å². The molecule has 11 nitrogen and oxygen atoms in total. The van der Waals surface area contributed by atoms with Crippen LogP contribution >= 0.6 is 7.82 Å². The van der Waals surface area contributed by atoms with Crippen molar-refractivity contribution in [3.05, 3.63) is 0 Å². The molecule has 1 rings (SSSR count). The molecule has 1 aliphatic heterocycles. The predicted octanol–water partition coefficient (Wildman–Crippen LogP) is -2.61. The third-order valence-corrected chi connectivity index (χ3v) is 3.64. The van der Waals surface area contributed by atoms with E-state index in [1.807, 2.05) is 0 Å². The molecule has 1 aliphatic rings. The van der Waals surface area contributed by atoms with Gasteiger partial charge in [0.1, 0.15) is 30.1 Å². The molecule has 5 atom stereocenters. The number of hydrogen-bond acceptors (Lipinski definition) is 8. The van der Waals surface area contributed by atoms with Gasteiger partial charge in [0.2, 0.25) is 5.91 Å². The van der Waals surface area contributed by atoms with Gasteiger partial charge in [-0.2, -0.15) is 0 Å². The highest BCUT2D eigenvalue weighted by Crippen LogP contribution is 2.40. The maximum Gasteiger partial charge on any atom is 0.472 e. The Bertz CT molecular complexity index is 479. The molecule has 23 heavy (non-hydrogen) atoms. The Morgan fingerprint density at radius 3 is 2.30 bits per heavy atom. The molecule has 0 radical (unpaired) electrons. The first kappa shape index (κ1) is 20.1. The molecule has 134 valence electrons. The molecule has 0 aromatic carbocycles. The average molecular weight is 357 g/mol. The van der Waals surface area contributed by atoms with Gasteiger partial charge in [-0.1, -0.05) is 0 Å². The van der Waals surface area contributed by atoms with Gasteiger partial charge in [-0.3, -0.25) is 9.32 Å². The number of carbonyl (C=O) groups excluding carboxylic acids is 2. The summed E-state index contributed by atoms with van der Waals surface area (Å²) in [5, 5.41) is 31.0. The first-order valence-corrected chi connectivity index (χ1v) is 8.23. The highest BCUT2D eigenvalue weighted by Gasteiger charge is 2.47. The van der Waals surface area contributed by atoms with E-state index in [2.05, 4.69) is 9.84 Å². The summed E-state index contributed by atoms with van der Waals surface area (Å²) in [6.07, 6.45) is -6.77. The molecule has 0 spiro atoms. The van der Waals surface area contributed by atoms with Crippen LogP contribution in [0.4, 0.5) is 0 Å². The van der Waals surface area contributed by atoms with Crippen LogP contribution in [0.25, 0.3) is 0 Å². The zero-order valence-corrected chi connectivity index (χ0v) is 13.1. The van der Waals surface area contributed by atoms with Crippen LogP contribution in [0.3, 0.4) is 0 Å². The fourth-order valence-corrected chi connectivity index (χ4v) is 2.46. The fourth-order valence-electron chi connectivity index (χ4n) is 2.01. The SMILES string of the molecule is CC(=O)CCC(=O)N[C@H]1[C@H](OP(=O)(O)O)O[C@H](CO)[C@@H](O)[C@@H]1O. The van der Waals surface area contributed by atoms with Crippen molar-refractivity contribution in [3.63, 3.8) is 0 Å². The first-order chi connectivity index (χ1) is 10.5. The summed E-state index contributed by atoms with van der Waals surface area (Å²) in [7, 11) is -5.03. The van der Waals surface area contributed by atoms with Crippen molar-refractivity contribution in [2.45, 2.75) is 50.4 Å². The molecular formula is C11H20NO10P. The topological polar surface area (TPSA) is 183 Å². The molecule has 1 amide bonds. The van der Waals surface area contributed by atoms with E-state index in [1.165, 1.54) is 6.92 Å². The molecular weight excluding hydrogens is 337 g/mol. The van der Waals surface area contributed by atoms with E-state index in [1.54, 1.807) is 0 Å². The molecule has 0 bridgehead atoms. The third-order valence-electron chi connectivity index (χ3n) is 3.15. The highest BCUT2D eigenvalue weighted by molar-refractivity contribution is 7.46. The molecule has 0 aromatic rings. The quantitative estimate of drug-likeness (QED) is 0.264. The Balaban J connectivity index is 2.85. The second kappa shape index (κ2) is 8.27. The van der Waals surface area contributed by atoms with E-state index in [9.17, 15) is 24.4 Å². The number of Topliss-reactive ketones (excluding diaryl/α,β-unsaturated/α-hetero) is 1. The Kier molecular flexibility index (Phi) is 7.24. The summed E-state index contributed by atoms with van der Waals surface area (Å²) in [5.74, 6) is -0.953. The maximum absolute atomic E-state index is 11.7. The summed E-state index contributed by atoms with van der Waals surface area (Å²) in [4.78, 5) is 40.3. The van der Waals surface area contributed by atoms with Crippen LogP contribution in [0, 0.1) is 0 Å². The van der Waals surface area contributed by atoms with Gasteiger partial charge in [-0.15, -0.1) is 0 Å². The van der Waals surface area contributed by atoms with Crippen molar-refractivity contribution >= 4 is 19.5 Å². The normalized spacial score (nSPS) is 31.7. The summed E-state index contributed by atoms with van der Waals surface area (Å²) >= 11 is 0. The van der Waals surface area contributed by atoms with Crippen LogP contribution in [-0.2, 0) is 23.4 Å². The number of phosphoric ester groups is 1. The van der Waals surface area contributed by atoms with Crippen molar-refractivity contribution < 1.29 is 48.5 Å². The Labute approximate surface area is 131 Å². The molecule has 0 aromatic heterocycles. The minimum Gasteiger partial charge on any atom is -0.394 e. The van der Waals surface area contributed by atoms with Gasteiger partial charge in [0.25, 0.3) is 0 Å². The summed E-state index contributed by atoms with van der Waals surface area (Å²) < 4.78 is 20.3. The Morgan fingerprint density at radius 2 is 1.83 bits per heavy atom. The van der Waals surface area contributed by atoms with Crippen molar-refractivity contribution in [1.82, 2.24) is 5.32 Å². The van der Waals surface area contributed by atoms with Crippen molar-refractivity contribution in [2.75, 3.05) is 6.61 Å². The van der Waals surface area contributed by atoms with E-state index in [-0.39, 0.29) is 18.6 Å². The van der Waals surface area contributed by atoms with Gasteiger partial charge in [0.15, 0.2) is 6.29 Å². The zero-order valence-electron chi connectivity index (χ0n) is 12.2. The molecule has 0 aliphatic carbocycles. The Morgan fingerprint density at radius 1 is 1.22 bits per heavy atom. The van der Waals surface area contributed by atoms with Crippen LogP contribution in [0.5, 0.6) is 0 Å². The van der Waals surface area contributed by atoms with Gasteiger partial charge >= 0.3 is 7.82 Å². The van der Waals surface area contributed by atoms with E-state index >= 15 is 0 Å². The minimum absolute atomic E-state index is 0.0681. The standard InChI is InChI=1S/C11H20NO10P/c1-5(14)2-3-7(15)12-8-10(17)9(16)6(4-13)21-11(8)22-23(18,19)20/h6,8-11,13,16-17H,2-4H2,1H3,(H,12,15)(H2,18,19,20)/t6-,8-,9-,10-,11+/m1/s1. The van der Waals surface area contributed by atoms with Crippen LogP contribution in [-0.4, -0.2) is 74.0 Å². The maximum atomic E-state index is 11.7. The number of carbonyl (C=O) groups is 2. The van der Waals surface area contributed by atoms with Crippen LogP contribution in [0.2, 0.25) is 0 Å². The predicted molar refractivity (Wildman–Crippen MR) is 72.7 cm³/mol. The number of ketones is 1. The smallest absolute Gasteiger partial charge is 0.394 e. The van der Waals surface area contributed by atoms with E-state index in [0.29, 0.717) is 0 Å². The number of aliphatic hydroxyl groups is 3. The number of aliphatic hydroxyl groups excluding tert-OH is 3. The zero-order chi connectivity index (χ0) is 17.8. The van der Waals surface area contributed by atoms with Gasteiger partial charge in [-0.25, -0.2) is 4.57 Å². The molecule has 0 unspecified atom stereocenters. The van der Waals surface area contributed by atoms with Crippen LogP contribution < -0.4 is 5.32 Å². The van der Waals surface area contributed by atoms with E-state index < -0.39 is 51.0 Å². The van der Waals surface area contributed by atoms with Gasteiger partial charge in [0.05, 0.1) is 6.61 Å². The number of phosphoric acid groups is 1. The Hall–Kier alpha value is -0.910. The highest BCUT2D eigenvalue weighted by atomic mass is 31.2. The second-order valence-corrected chi connectivity index (χ2v) is 6.29. The summed E-state index contributed by atoms with van der Waals surface area (Å²) in [5.41, 5.74) is 0. The summed E-state index contributed by atoms with van der Waals surface area (Å²) in [6, 6.07) is -1.50. The van der Waals surface area contributed by atoms with E-state index in [0.717, 1.165) is 0 Å². The largest absolute Gasteiger partial charge is 0.472 e.